The van der Waals surface area contributed by atoms with Crippen molar-refractivity contribution in [2.45, 2.75) is 30.1 Å². The summed E-state index contributed by atoms with van der Waals surface area (Å²) >= 11 is 5.80. The average Bonchev–Trinajstić information content (AvgIpc) is 3.20. The summed E-state index contributed by atoms with van der Waals surface area (Å²) in [6.07, 6.45) is 1.56. The van der Waals surface area contributed by atoms with Crippen molar-refractivity contribution >= 4 is 33.1 Å². The monoisotopic (exact) mass is 465 g/mol. The zero-order valence-electron chi connectivity index (χ0n) is 16.8. The number of nitrogens with zero attached hydrogens (tertiary/aromatic N) is 2. The Balaban J connectivity index is 1.69. The van der Waals surface area contributed by atoms with Crippen LogP contribution in [0.25, 0.3) is 0 Å². The number of hydrogen-bond acceptors (Lipinski definition) is 7. The molecule has 3 heterocycles. The molecule has 1 aromatic heterocycles. The van der Waals surface area contributed by atoms with E-state index in [1.165, 1.54) is 37.4 Å². The summed E-state index contributed by atoms with van der Waals surface area (Å²) in [5, 5.41) is 0.410. The summed E-state index contributed by atoms with van der Waals surface area (Å²) in [4.78, 5) is 21.0. The van der Waals surface area contributed by atoms with Crippen LogP contribution in [0.1, 0.15) is 35.0 Å². The molecule has 0 radical (unpaired) electrons. The smallest absolute Gasteiger partial charge is 0.185 e. The number of amidine groups is 1. The lowest BCUT2D eigenvalue weighted by atomic mass is 9.90. The molecule has 0 saturated carbocycles. The van der Waals surface area contributed by atoms with Gasteiger partial charge in [-0.3, -0.25) is 14.8 Å². The highest BCUT2D eigenvalue weighted by atomic mass is 35.5. The molecule has 1 aromatic carbocycles. The Bertz CT molecular complexity index is 1180. The Morgan fingerprint density at radius 2 is 2.10 bits per heavy atom. The Morgan fingerprint density at radius 3 is 2.71 bits per heavy atom. The summed E-state index contributed by atoms with van der Waals surface area (Å²) in [5.74, 6) is -1.36. The van der Waals surface area contributed by atoms with Crippen LogP contribution in [0.5, 0.6) is 0 Å². The number of carbonyl (C=O) groups is 1. The minimum absolute atomic E-state index is 0.0400. The third-order valence-corrected chi connectivity index (χ3v) is 8.76. The normalized spacial score (nSPS) is 27.3. The van der Waals surface area contributed by atoms with E-state index in [-0.39, 0.29) is 48.9 Å². The number of ketones is 1. The van der Waals surface area contributed by atoms with Gasteiger partial charge in [-0.25, -0.2) is 12.8 Å². The van der Waals surface area contributed by atoms with Crippen LogP contribution in [0, 0.1) is 5.82 Å². The van der Waals surface area contributed by atoms with Crippen LogP contribution >= 0.6 is 11.6 Å². The van der Waals surface area contributed by atoms with E-state index in [0.717, 1.165) is 0 Å². The van der Waals surface area contributed by atoms with Gasteiger partial charge in [-0.2, -0.15) is 0 Å². The second kappa shape index (κ2) is 7.65. The van der Waals surface area contributed by atoms with Crippen molar-refractivity contribution < 1.29 is 22.3 Å². The highest BCUT2D eigenvalue weighted by molar-refractivity contribution is 7.93. The maximum atomic E-state index is 14.8. The number of aliphatic imine (C=N–C) groups is 1. The van der Waals surface area contributed by atoms with E-state index in [0.29, 0.717) is 10.6 Å². The highest BCUT2D eigenvalue weighted by Gasteiger charge is 2.57. The Morgan fingerprint density at radius 1 is 1.32 bits per heavy atom. The molecule has 164 valence electrons. The number of nitrogens with two attached hydrogens (primary N) is 1. The summed E-state index contributed by atoms with van der Waals surface area (Å²) < 4.78 is 45.1. The molecule has 0 amide bonds. The van der Waals surface area contributed by atoms with E-state index in [1.807, 2.05) is 0 Å². The molecule has 0 bridgehead atoms. The van der Waals surface area contributed by atoms with Gasteiger partial charge in [0.15, 0.2) is 20.4 Å². The molecule has 2 atom stereocenters. The lowest BCUT2D eigenvalue weighted by molar-refractivity contribution is 0.0988. The van der Waals surface area contributed by atoms with Crippen molar-refractivity contribution in [2.75, 3.05) is 19.0 Å². The fraction of sp³-hybridized carbons (Fsp3) is 0.381. The van der Waals surface area contributed by atoms with Gasteiger partial charge in [0, 0.05) is 24.8 Å². The largest absolute Gasteiger partial charge is 0.386 e. The minimum Gasteiger partial charge on any atom is -0.386 e. The maximum Gasteiger partial charge on any atom is 0.185 e. The van der Waals surface area contributed by atoms with Crippen LogP contribution in [0.4, 0.5) is 4.39 Å². The molecule has 31 heavy (non-hydrogen) atoms. The Hall–Kier alpha value is -2.36. The topological polar surface area (TPSA) is 112 Å². The molecule has 4 rings (SSSR count). The van der Waals surface area contributed by atoms with Crippen LogP contribution in [-0.4, -0.2) is 48.7 Å². The van der Waals surface area contributed by atoms with Crippen molar-refractivity contribution in [3.8, 4) is 0 Å². The second-order valence-electron chi connectivity index (χ2n) is 8.10. The second-order valence-corrected chi connectivity index (χ2v) is 10.8. The zero-order chi connectivity index (χ0) is 22.4. The first-order valence-corrected chi connectivity index (χ1v) is 11.7. The number of pyridine rings is 1. The summed E-state index contributed by atoms with van der Waals surface area (Å²) in [7, 11) is -3.76. The fourth-order valence-electron chi connectivity index (χ4n) is 4.11. The predicted octanol–water partition coefficient (Wildman–Crippen LogP) is 2.46. The average molecular weight is 466 g/mol. The van der Waals surface area contributed by atoms with E-state index in [1.54, 1.807) is 6.07 Å². The van der Waals surface area contributed by atoms with Gasteiger partial charge in [0.25, 0.3) is 0 Å². The molecule has 1 saturated heterocycles. The Kier molecular flexibility index (Phi) is 5.39. The number of sulfone groups is 1. The molecule has 1 spiro atoms. The molecule has 2 aliphatic heterocycles. The molecule has 7 nitrogen and oxygen atoms in total. The number of rotatable bonds is 4. The highest BCUT2D eigenvalue weighted by Crippen LogP contribution is 2.41. The molecular formula is C21H21ClFN3O4S. The molecular weight excluding hydrogens is 445 g/mol. The number of carbonyl (C=O) groups excluding carboxylic acids is 1. The lowest BCUT2D eigenvalue weighted by Gasteiger charge is -2.39. The minimum atomic E-state index is -3.76. The fourth-order valence-corrected chi connectivity index (χ4v) is 6.48. The van der Waals surface area contributed by atoms with Gasteiger partial charge in [0.05, 0.1) is 17.4 Å². The van der Waals surface area contributed by atoms with Gasteiger partial charge in [0.1, 0.15) is 22.9 Å². The third-order valence-electron chi connectivity index (χ3n) is 5.87. The summed E-state index contributed by atoms with van der Waals surface area (Å²) in [6, 6.07) is 7.23. The van der Waals surface area contributed by atoms with Crippen molar-refractivity contribution in [1.29, 1.82) is 0 Å². The van der Waals surface area contributed by atoms with Gasteiger partial charge < -0.3 is 10.5 Å². The van der Waals surface area contributed by atoms with Gasteiger partial charge >= 0.3 is 0 Å². The number of ether oxygens (including phenoxy) is 1. The van der Waals surface area contributed by atoms with E-state index in [2.05, 4.69) is 9.98 Å². The SMILES string of the molecule is C[C@@]1(c2cc(CC(=O)c3ccc(Cl)cn3)ccc2F)CS(=O)(=O)[C@@]2(CCOC2)C(N)=N1. The Labute approximate surface area is 184 Å². The number of hydrogen-bond donors (Lipinski definition) is 1. The quantitative estimate of drug-likeness (QED) is 0.694. The first kappa shape index (κ1) is 21.9. The van der Waals surface area contributed by atoms with Crippen molar-refractivity contribution in [2.24, 2.45) is 10.7 Å². The number of benzene rings is 1. The summed E-state index contributed by atoms with van der Waals surface area (Å²) in [6.45, 7) is 1.76. The van der Waals surface area contributed by atoms with Crippen molar-refractivity contribution in [1.82, 2.24) is 4.98 Å². The van der Waals surface area contributed by atoms with E-state index < -0.39 is 31.7 Å². The third kappa shape index (κ3) is 3.75. The van der Waals surface area contributed by atoms with Gasteiger partial charge in [-0.1, -0.05) is 17.7 Å². The first-order valence-electron chi connectivity index (χ1n) is 9.66. The molecule has 10 heteroatoms. The van der Waals surface area contributed by atoms with Crippen LogP contribution < -0.4 is 5.73 Å². The van der Waals surface area contributed by atoms with Crippen LogP contribution in [0.2, 0.25) is 5.02 Å². The molecule has 2 aliphatic rings. The van der Waals surface area contributed by atoms with E-state index in [9.17, 15) is 17.6 Å². The predicted molar refractivity (Wildman–Crippen MR) is 115 cm³/mol. The molecule has 0 unspecified atom stereocenters. The van der Waals surface area contributed by atoms with Gasteiger partial charge in [-0.15, -0.1) is 0 Å². The number of aromatic nitrogens is 1. The lowest BCUT2D eigenvalue weighted by Crippen LogP contribution is -2.58. The van der Waals surface area contributed by atoms with Crippen LogP contribution in [0.15, 0.2) is 41.5 Å². The zero-order valence-corrected chi connectivity index (χ0v) is 18.3. The molecule has 0 aliphatic carbocycles. The van der Waals surface area contributed by atoms with E-state index in [4.69, 9.17) is 22.1 Å². The number of Topliss-reactive ketones (excluding diaryl/α,β-unsaturated/α-hetero) is 1. The van der Waals surface area contributed by atoms with Gasteiger partial charge in [0.2, 0.25) is 0 Å². The van der Waals surface area contributed by atoms with E-state index >= 15 is 0 Å². The van der Waals surface area contributed by atoms with Crippen LogP contribution in [-0.2, 0) is 26.5 Å². The van der Waals surface area contributed by atoms with Crippen molar-refractivity contribution in [3.05, 3.63) is 64.2 Å². The molecule has 1 fully saturated rings. The summed E-state index contributed by atoms with van der Waals surface area (Å²) in [5.41, 5.74) is 5.51. The van der Waals surface area contributed by atoms with Crippen molar-refractivity contribution in [3.63, 3.8) is 0 Å². The molecule has 2 aromatic rings. The standard InChI is InChI=1S/C21H21ClFN3O4S/c1-20(12-31(28,29)21(19(24)26-20)6-7-30-11-21)15-8-13(2-4-16(15)23)9-18(27)17-5-3-14(22)10-25-17/h2-5,8,10H,6-7,9,11-12H2,1H3,(H2,24,26)/t20-,21+/m0/s1. The number of halogens is 2. The molecule has 2 N–H and O–H groups in total. The van der Waals surface area contributed by atoms with Gasteiger partial charge in [-0.05, 0) is 43.2 Å². The first-order chi connectivity index (χ1) is 14.6. The van der Waals surface area contributed by atoms with Crippen LogP contribution in [0.3, 0.4) is 0 Å². The maximum absolute atomic E-state index is 14.8.